The number of nitrogens with one attached hydrogen (secondary N) is 2. The number of urea groups is 1. The van der Waals surface area contributed by atoms with Crippen molar-refractivity contribution >= 4 is 12.0 Å². The second-order valence-corrected chi connectivity index (χ2v) is 3.18. The molecule has 1 aromatic carbocycles. The highest BCUT2D eigenvalue weighted by atomic mass is 19.1. The number of hydrogen-bond donors (Lipinski definition) is 3. The van der Waals surface area contributed by atoms with Gasteiger partial charge in [0.05, 0.1) is 6.54 Å². The molecule has 17 heavy (non-hydrogen) atoms. The Hall–Kier alpha value is -2.18. The zero-order chi connectivity index (χ0) is 12.8. The van der Waals surface area contributed by atoms with E-state index in [1.165, 1.54) is 7.05 Å². The molecule has 4 N–H and O–H groups in total. The molecule has 0 aliphatic heterocycles. The number of hydrogen-bond acceptors (Lipinski definition) is 2. The van der Waals surface area contributed by atoms with E-state index >= 15 is 0 Å². The smallest absolute Gasteiger partial charge is 0.321 e. The van der Waals surface area contributed by atoms with Crippen molar-refractivity contribution < 1.29 is 13.6 Å². The molecule has 0 radical (unpaired) electrons. The molecule has 0 aliphatic carbocycles. The van der Waals surface area contributed by atoms with Crippen molar-refractivity contribution in [2.24, 2.45) is 10.7 Å². The molecule has 0 saturated heterocycles. The van der Waals surface area contributed by atoms with Crippen LogP contribution in [0.4, 0.5) is 13.6 Å². The topological polar surface area (TPSA) is 79.5 Å². The number of carbonyl (C=O) groups is 1. The van der Waals surface area contributed by atoms with E-state index < -0.39 is 17.7 Å². The van der Waals surface area contributed by atoms with Gasteiger partial charge in [0.25, 0.3) is 0 Å². The highest BCUT2D eigenvalue weighted by molar-refractivity contribution is 5.95. The first kappa shape index (κ1) is 12.9. The zero-order valence-corrected chi connectivity index (χ0v) is 9.13. The second-order valence-electron chi connectivity index (χ2n) is 3.18. The van der Waals surface area contributed by atoms with E-state index in [4.69, 9.17) is 5.73 Å². The molecule has 1 aromatic rings. The summed E-state index contributed by atoms with van der Waals surface area (Å²) in [7, 11) is 1.42. The monoisotopic (exact) mass is 242 g/mol. The molecule has 0 heterocycles. The quantitative estimate of drug-likeness (QED) is 0.527. The SMILES string of the molecule is CNC(=O)NC(N)=NCc1cc(F)cc(F)c1. The molecule has 0 aliphatic rings. The number of amides is 2. The average molecular weight is 242 g/mol. The third-order valence-electron chi connectivity index (χ3n) is 1.82. The number of benzene rings is 1. The first-order chi connectivity index (χ1) is 8.01. The first-order valence-corrected chi connectivity index (χ1v) is 4.75. The summed E-state index contributed by atoms with van der Waals surface area (Å²) in [6.07, 6.45) is 0. The van der Waals surface area contributed by atoms with Gasteiger partial charge in [-0.1, -0.05) is 0 Å². The fourth-order valence-corrected chi connectivity index (χ4v) is 1.10. The largest absolute Gasteiger partial charge is 0.370 e. The lowest BCUT2D eigenvalue weighted by atomic mass is 10.2. The van der Waals surface area contributed by atoms with Crippen molar-refractivity contribution in [3.05, 3.63) is 35.4 Å². The van der Waals surface area contributed by atoms with Gasteiger partial charge in [-0.2, -0.15) is 0 Å². The summed E-state index contributed by atoms with van der Waals surface area (Å²) in [5.41, 5.74) is 5.69. The number of aliphatic imine (C=N–C) groups is 1. The first-order valence-electron chi connectivity index (χ1n) is 4.75. The molecule has 1 rings (SSSR count). The lowest BCUT2D eigenvalue weighted by molar-refractivity contribution is 0.247. The number of halogens is 2. The standard InChI is InChI=1S/C10H12F2N4O/c1-14-10(17)16-9(13)15-5-6-2-7(11)4-8(12)3-6/h2-4H,5H2,1H3,(H4,13,14,15,16,17). The van der Waals surface area contributed by atoms with E-state index in [-0.39, 0.29) is 12.5 Å². The molecular formula is C10H12F2N4O. The van der Waals surface area contributed by atoms with Gasteiger partial charge in [-0.3, -0.25) is 5.32 Å². The van der Waals surface area contributed by atoms with Crippen LogP contribution >= 0.6 is 0 Å². The van der Waals surface area contributed by atoms with E-state index in [2.05, 4.69) is 15.6 Å². The second kappa shape index (κ2) is 5.78. The average Bonchev–Trinajstić information content (AvgIpc) is 2.25. The number of rotatable bonds is 2. The van der Waals surface area contributed by atoms with Crippen molar-refractivity contribution in [1.82, 2.24) is 10.6 Å². The Labute approximate surface area is 96.7 Å². The van der Waals surface area contributed by atoms with Crippen LogP contribution in [0.15, 0.2) is 23.2 Å². The lowest BCUT2D eigenvalue weighted by Crippen LogP contribution is -2.41. The Morgan fingerprint density at radius 1 is 1.35 bits per heavy atom. The van der Waals surface area contributed by atoms with Gasteiger partial charge in [-0.05, 0) is 17.7 Å². The Bertz CT molecular complexity index is 428. The molecule has 5 nitrogen and oxygen atoms in total. The number of carbonyl (C=O) groups excluding carboxylic acids is 1. The van der Waals surface area contributed by atoms with Gasteiger partial charge in [0.1, 0.15) is 11.6 Å². The predicted molar refractivity (Wildman–Crippen MR) is 59.3 cm³/mol. The van der Waals surface area contributed by atoms with Crippen LogP contribution < -0.4 is 16.4 Å². The Kier molecular flexibility index (Phi) is 4.38. The van der Waals surface area contributed by atoms with Gasteiger partial charge in [0, 0.05) is 13.1 Å². The van der Waals surface area contributed by atoms with Crippen molar-refractivity contribution in [2.75, 3.05) is 7.05 Å². The molecule has 0 bridgehead atoms. The van der Waals surface area contributed by atoms with Crippen LogP contribution in [0.25, 0.3) is 0 Å². The zero-order valence-electron chi connectivity index (χ0n) is 9.13. The summed E-state index contributed by atoms with van der Waals surface area (Å²) in [5, 5.41) is 4.50. The molecule has 0 saturated carbocycles. The summed E-state index contributed by atoms with van der Waals surface area (Å²) in [4.78, 5) is 14.6. The Balaban J connectivity index is 2.65. The number of guanidine groups is 1. The molecule has 7 heteroatoms. The summed E-state index contributed by atoms with van der Waals surface area (Å²) in [6, 6.07) is 2.52. The van der Waals surface area contributed by atoms with Gasteiger partial charge in [-0.15, -0.1) is 0 Å². The highest BCUT2D eigenvalue weighted by Crippen LogP contribution is 2.08. The third kappa shape index (κ3) is 4.45. The van der Waals surface area contributed by atoms with Crippen LogP contribution in [-0.4, -0.2) is 19.0 Å². The molecule has 2 amide bonds. The minimum absolute atomic E-state index is 0.0233. The van der Waals surface area contributed by atoms with Crippen LogP contribution in [0.5, 0.6) is 0 Å². The normalized spacial score (nSPS) is 11.1. The predicted octanol–water partition coefficient (Wildman–Crippen LogP) is 0.709. The van der Waals surface area contributed by atoms with Crippen molar-refractivity contribution in [1.29, 1.82) is 0 Å². The molecule has 0 atom stereocenters. The maximum Gasteiger partial charge on any atom is 0.321 e. The van der Waals surface area contributed by atoms with E-state index in [1.807, 2.05) is 0 Å². The summed E-state index contributed by atoms with van der Waals surface area (Å²) in [5.74, 6) is -1.50. The fraction of sp³-hybridized carbons (Fsp3) is 0.200. The number of nitrogens with two attached hydrogens (primary N) is 1. The van der Waals surface area contributed by atoms with Crippen LogP contribution in [-0.2, 0) is 6.54 Å². The van der Waals surface area contributed by atoms with Crippen molar-refractivity contribution in [3.8, 4) is 0 Å². The summed E-state index contributed by atoms with van der Waals surface area (Å²) < 4.78 is 25.6. The highest BCUT2D eigenvalue weighted by Gasteiger charge is 2.01. The van der Waals surface area contributed by atoms with Gasteiger partial charge >= 0.3 is 6.03 Å². The Morgan fingerprint density at radius 3 is 2.47 bits per heavy atom. The van der Waals surface area contributed by atoms with E-state index in [0.717, 1.165) is 18.2 Å². The van der Waals surface area contributed by atoms with E-state index in [0.29, 0.717) is 5.56 Å². The van der Waals surface area contributed by atoms with Crippen LogP contribution in [0.2, 0.25) is 0 Å². The van der Waals surface area contributed by atoms with E-state index in [9.17, 15) is 13.6 Å². The molecule has 92 valence electrons. The van der Waals surface area contributed by atoms with Gasteiger partial charge in [0.15, 0.2) is 5.96 Å². The van der Waals surface area contributed by atoms with Gasteiger partial charge in [0.2, 0.25) is 0 Å². The van der Waals surface area contributed by atoms with Crippen molar-refractivity contribution in [2.45, 2.75) is 6.54 Å². The van der Waals surface area contributed by atoms with Crippen LogP contribution in [0.3, 0.4) is 0 Å². The third-order valence-corrected chi connectivity index (χ3v) is 1.82. The molecular weight excluding hydrogens is 230 g/mol. The maximum atomic E-state index is 12.8. The van der Waals surface area contributed by atoms with Crippen LogP contribution in [0.1, 0.15) is 5.56 Å². The van der Waals surface area contributed by atoms with E-state index in [1.54, 1.807) is 0 Å². The maximum absolute atomic E-state index is 12.8. The molecule has 0 spiro atoms. The minimum atomic E-state index is -0.687. The fourth-order valence-electron chi connectivity index (χ4n) is 1.10. The Morgan fingerprint density at radius 2 is 1.94 bits per heavy atom. The molecule has 0 fully saturated rings. The summed E-state index contributed by atoms with van der Waals surface area (Å²) in [6.45, 7) is -0.0233. The number of nitrogens with zero attached hydrogens (tertiary/aromatic N) is 1. The molecule has 0 aromatic heterocycles. The van der Waals surface area contributed by atoms with Gasteiger partial charge < -0.3 is 11.1 Å². The van der Waals surface area contributed by atoms with Crippen LogP contribution in [0, 0.1) is 11.6 Å². The summed E-state index contributed by atoms with van der Waals surface area (Å²) >= 11 is 0. The molecule has 0 unspecified atom stereocenters. The van der Waals surface area contributed by atoms with Gasteiger partial charge in [-0.25, -0.2) is 18.6 Å². The minimum Gasteiger partial charge on any atom is -0.370 e. The lowest BCUT2D eigenvalue weighted by Gasteiger charge is -2.03. The van der Waals surface area contributed by atoms with Crippen molar-refractivity contribution in [3.63, 3.8) is 0 Å².